The Morgan fingerprint density at radius 2 is 2.29 bits per heavy atom. The van der Waals surface area contributed by atoms with E-state index in [4.69, 9.17) is 22.1 Å². The van der Waals surface area contributed by atoms with Crippen LogP contribution in [0.15, 0.2) is 18.2 Å². The maximum atomic E-state index is 11.8. The van der Waals surface area contributed by atoms with Gasteiger partial charge in [-0.2, -0.15) is 0 Å². The topological polar surface area (TPSA) is 64.3 Å². The van der Waals surface area contributed by atoms with Gasteiger partial charge in [-0.25, -0.2) is 0 Å². The first-order valence-corrected chi connectivity index (χ1v) is 5.75. The quantitative estimate of drug-likeness (QED) is 0.792. The van der Waals surface area contributed by atoms with Crippen LogP contribution in [0.4, 0.5) is 5.69 Å². The van der Waals surface area contributed by atoms with E-state index in [9.17, 15) is 4.79 Å². The van der Waals surface area contributed by atoms with E-state index in [1.165, 1.54) is 0 Å². The number of carbonyl (C=O) groups is 1. The summed E-state index contributed by atoms with van der Waals surface area (Å²) in [6.45, 7) is 3.13. The first-order valence-electron chi connectivity index (χ1n) is 5.37. The normalized spacial score (nSPS) is 12.2. The minimum atomic E-state index is -0.217. The van der Waals surface area contributed by atoms with Crippen LogP contribution in [0.5, 0.6) is 0 Å². The molecule has 1 unspecified atom stereocenters. The van der Waals surface area contributed by atoms with Gasteiger partial charge >= 0.3 is 0 Å². The molecule has 0 fully saturated rings. The summed E-state index contributed by atoms with van der Waals surface area (Å²) >= 11 is 5.95. The molecular weight excluding hydrogens is 240 g/mol. The predicted octanol–water partition coefficient (Wildman–Crippen LogP) is 1.93. The predicted molar refractivity (Wildman–Crippen MR) is 69.2 cm³/mol. The molecule has 1 amide bonds. The smallest absolute Gasteiger partial charge is 0.252 e. The van der Waals surface area contributed by atoms with Crippen LogP contribution in [0.3, 0.4) is 0 Å². The van der Waals surface area contributed by atoms with E-state index in [-0.39, 0.29) is 11.8 Å². The van der Waals surface area contributed by atoms with E-state index in [0.717, 1.165) is 0 Å². The van der Waals surface area contributed by atoms with Crippen molar-refractivity contribution in [2.45, 2.75) is 6.92 Å². The number of amides is 1. The Morgan fingerprint density at radius 1 is 1.59 bits per heavy atom. The molecule has 0 aliphatic rings. The fourth-order valence-corrected chi connectivity index (χ4v) is 1.64. The van der Waals surface area contributed by atoms with Crippen LogP contribution >= 0.6 is 11.6 Å². The van der Waals surface area contributed by atoms with E-state index >= 15 is 0 Å². The summed E-state index contributed by atoms with van der Waals surface area (Å²) in [5.74, 6) is 0.0361. The highest BCUT2D eigenvalue weighted by Gasteiger charge is 2.12. The summed E-state index contributed by atoms with van der Waals surface area (Å²) in [7, 11) is 1.63. The summed E-state index contributed by atoms with van der Waals surface area (Å²) in [5.41, 5.74) is 6.44. The molecule has 4 nitrogen and oxygen atoms in total. The lowest BCUT2D eigenvalue weighted by Crippen LogP contribution is -2.30. The van der Waals surface area contributed by atoms with Gasteiger partial charge in [0.2, 0.25) is 0 Å². The van der Waals surface area contributed by atoms with E-state index in [2.05, 4.69) is 5.32 Å². The largest absolute Gasteiger partial charge is 0.398 e. The summed E-state index contributed by atoms with van der Waals surface area (Å²) in [5, 5.41) is 3.09. The second kappa shape index (κ2) is 6.47. The molecule has 0 heterocycles. The van der Waals surface area contributed by atoms with Crippen LogP contribution in [-0.2, 0) is 4.74 Å². The fraction of sp³-hybridized carbons (Fsp3) is 0.417. The third kappa shape index (κ3) is 3.91. The van der Waals surface area contributed by atoms with Crippen LogP contribution < -0.4 is 11.1 Å². The molecule has 5 heteroatoms. The molecule has 0 aromatic heterocycles. The van der Waals surface area contributed by atoms with Gasteiger partial charge in [-0.3, -0.25) is 4.79 Å². The van der Waals surface area contributed by atoms with Gasteiger partial charge in [0.1, 0.15) is 0 Å². The van der Waals surface area contributed by atoms with Gasteiger partial charge in [-0.1, -0.05) is 24.6 Å². The molecule has 1 atom stereocenters. The van der Waals surface area contributed by atoms with Crippen molar-refractivity contribution in [1.29, 1.82) is 0 Å². The van der Waals surface area contributed by atoms with Gasteiger partial charge in [0.25, 0.3) is 5.91 Å². The number of hydrogen-bond donors (Lipinski definition) is 2. The van der Waals surface area contributed by atoms with E-state index in [1.807, 2.05) is 6.92 Å². The molecule has 1 rings (SSSR count). The number of halogens is 1. The van der Waals surface area contributed by atoms with Crippen LogP contribution in [0.25, 0.3) is 0 Å². The van der Waals surface area contributed by atoms with Crippen molar-refractivity contribution >= 4 is 23.2 Å². The number of nitrogen functional groups attached to an aromatic ring is 1. The molecule has 0 radical (unpaired) electrons. The standard InChI is InChI=1S/C12H17ClN2O2/c1-8(7-17-2)6-15-12(16)9-4-3-5-10(14)11(9)13/h3-5,8H,6-7,14H2,1-2H3,(H,15,16). The van der Waals surface area contributed by atoms with Crippen molar-refractivity contribution in [1.82, 2.24) is 5.32 Å². The van der Waals surface area contributed by atoms with Crippen molar-refractivity contribution in [3.05, 3.63) is 28.8 Å². The van der Waals surface area contributed by atoms with Gasteiger partial charge in [0.05, 0.1) is 22.9 Å². The number of hydrogen-bond acceptors (Lipinski definition) is 3. The fourth-order valence-electron chi connectivity index (χ4n) is 1.43. The number of rotatable bonds is 5. The van der Waals surface area contributed by atoms with Crippen LogP contribution in [0.1, 0.15) is 17.3 Å². The second-order valence-corrected chi connectivity index (χ2v) is 4.36. The van der Waals surface area contributed by atoms with Gasteiger partial charge in [-0.05, 0) is 18.1 Å². The Labute approximate surface area is 106 Å². The zero-order chi connectivity index (χ0) is 12.8. The average Bonchev–Trinajstić information content (AvgIpc) is 2.30. The molecule has 0 spiro atoms. The maximum Gasteiger partial charge on any atom is 0.252 e. The molecule has 1 aromatic rings. The molecule has 0 bridgehead atoms. The van der Waals surface area contributed by atoms with E-state index in [0.29, 0.717) is 29.4 Å². The molecule has 0 saturated carbocycles. The van der Waals surface area contributed by atoms with Crippen LogP contribution in [0, 0.1) is 5.92 Å². The van der Waals surface area contributed by atoms with Crippen LogP contribution in [0.2, 0.25) is 5.02 Å². The van der Waals surface area contributed by atoms with E-state index in [1.54, 1.807) is 25.3 Å². The zero-order valence-electron chi connectivity index (χ0n) is 10.00. The first kappa shape index (κ1) is 13.8. The minimum Gasteiger partial charge on any atom is -0.398 e. The number of nitrogens with two attached hydrogens (primary N) is 1. The molecule has 0 aliphatic carbocycles. The summed E-state index contributed by atoms with van der Waals surface area (Å²) in [6.07, 6.45) is 0. The number of nitrogens with one attached hydrogen (secondary N) is 1. The highest BCUT2D eigenvalue weighted by atomic mass is 35.5. The number of anilines is 1. The summed E-state index contributed by atoms with van der Waals surface area (Å²) in [4.78, 5) is 11.8. The molecule has 1 aromatic carbocycles. The van der Waals surface area contributed by atoms with Gasteiger partial charge < -0.3 is 15.8 Å². The van der Waals surface area contributed by atoms with Crippen molar-refractivity contribution < 1.29 is 9.53 Å². The molecule has 0 saturated heterocycles. The molecule has 3 N–H and O–H groups in total. The molecule has 94 valence electrons. The number of carbonyl (C=O) groups excluding carboxylic acids is 1. The molecule has 0 aliphatic heterocycles. The van der Waals surface area contributed by atoms with Gasteiger partial charge in [0.15, 0.2) is 0 Å². The summed E-state index contributed by atoms with van der Waals surface area (Å²) < 4.78 is 4.99. The van der Waals surface area contributed by atoms with Crippen molar-refractivity contribution in [3.8, 4) is 0 Å². The Hall–Kier alpha value is -1.26. The minimum absolute atomic E-state index is 0.217. The Bertz CT molecular complexity index is 396. The Kier molecular flexibility index (Phi) is 5.25. The Balaban J connectivity index is 2.61. The average molecular weight is 257 g/mol. The SMILES string of the molecule is COCC(C)CNC(=O)c1cccc(N)c1Cl. The highest BCUT2D eigenvalue weighted by molar-refractivity contribution is 6.36. The van der Waals surface area contributed by atoms with Gasteiger partial charge in [-0.15, -0.1) is 0 Å². The zero-order valence-corrected chi connectivity index (χ0v) is 10.8. The lowest BCUT2D eigenvalue weighted by atomic mass is 10.1. The molecular formula is C12H17ClN2O2. The van der Waals surface area contributed by atoms with Gasteiger partial charge in [0, 0.05) is 13.7 Å². The second-order valence-electron chi connectivity index (χ2n) is 3.98. The number of methoxy groups -OCH3 is 1. The lowest BCUT2D eigenvalue weighted by Gasteiger charge is -2.12. The molecule has 17 heavy (non-hydrogen) atoms. The van der Waals surface area contributed by atoms with Crippen molar-refractivity contribution in [2.75, 3.05) is 26.0 Å². The third-order valence-electron chi connectivity index (χ3n) is 2.34. The lowest BCUT2D eigenvalue weighted by molar-refractivity contribution is 0.0934. The van der Waals surface area contributed by atoms with E-state index < -0.39 is 0 Å². The maximum absolute atomic E-state index is 11.8. The van der Waals surface area contributed by atoms with Crippen LogP contribution in [-0.4, -0.2) is 26.2 Å². The number of benzene rings is 1. The summed E-state index contributed by atoms with van der Waals surface area (Å²) in [6, 6.07) is 5.01. The Morgan fingerprint density at radius 3 is 2.94 bits per heavy atom. The number of ether oxygens (including phenoxy) is 1. The monoisotopic (exact) mass is 256 g/mol. The van der Waals surface area contributed by atoms with Crippen molar-refractivity contribution in [2.24, 2.45) is 5.92 Å². The first-order chi connectivity index (χ1) is 8.06. The van der Waals surface area contributed by atoms with Crippen molar-refractivity contribution in [3.63, 3.8) is 0 Å². The highest BCUT2D eigenvalue weighted by Crippen LogP contribution is 2.22. The third-order valence-corrected chi connectivity index (χ3v) is 2.76.